The Morgan fingerprint density at radius 1 is 1.47 bits per heavy atom. The summed E-state index contributed by atoms with van der Waals surface area (Å²) >= 11 is 0. The fourth-order valence-corrected chi connectivity index (χ4v) is 1.53. The molecule has 0 aliphatic carbocycles. The molecule has 0 aromatic carbocycles. The molecule has 0 aliphatic heterocycles. The van der Waals surface area contributed by atoms with Crippen molar-refractivity contribution in [3.8, 4) is 11.5 Å². The van der Waals surface area contributed by atoms with Crippen molar-refractivity contribution in [3.63, 3.8) is 0 Å². The second-order valence-electron chi connectivity index (χ2n) is 4.05. The minimum absolute atomic E-state index is 0.329. The number of rotatable bonds is 4. The van der Waals surface area contributed by atoms with Gasteiger partial charge in [-0.05, 0) is 33.0 Å². The van der Waals surface area contributed by atoms with Crippen molar-refractivity contribution in [2.24, 2.45) is 0 Å². The van der Waals surface area contributed by atoms with E-state index in [-0.39, 0.29) is 0 Å². The van der Waals surface area contributed by atoms with Crippen LogP contribution >= 0.6 is 0 Å². The predicted molar refractivity (Wildman–Crippen MR) is 64.5 cm³/mol. The van der Waals surface area contributed by atoms with Crippen LogP contribution in [0.5, 0.6) is 0 Å². The lowest BCUT2D eigenvalue weighted by molar-refractivity contribution is 0.418. The van der Waals surface area contributed by atoms with Gasteiger partial charge in [0.1, 0.15) is 0 Å². The number of hydrogen-bond acceptors (Lipinski definition) is 5. The van der Waals surface area contributed by atoms with Crippen molar-refractivity contribution in [2.75, 3.05) is 7.05 Å². The quantitative estimate of drug-likeness (QED) is 0.867. The number of pyridine rings is 1. The van der Waals surface area contributed by atoms with E-state index in [0.29, 0.717) is 17.8 Å². The Bertz CT molecular complexity index is 495. The first kappa shape index (κ1) is 11.7. The van der Waals surface area contributed by atoms with Gasteiger partial charge in [-0.2, -0.15) is 4.98 Å². The first-order valence-corrected chi connectivity index (χ1v) is 5.62. The largest absolute Gasteiger partial charge is 0.334 e. The summed E-state index contributed by atoms with van der Waals surface area (Å²) in [5.41, 5.74) is 1.78. The Hall–Kier alpha value is -1.75. The second-order valence-corrected chi connectivity index (χ2v) is 4.05. The molecule has 5 nitrogen and oxygen atoms in total. The van der Waals surface area contributed by atoms with Crippen LogP contribution in [0.25, 0.3) is 11.5 Å². The Balaban J connectivity index is 2.21. The molecule has 0 amide bonds. The molecule has 2 aromatic rings. The summed E-state index contributed by atoms with van der Waals surface area (Å²) in [6.45, 7) is 4.00. The molecule has 0 fully saturated rings. The smallest absolute Gasteiger partial charge is 0.259 e. The van der Waals surface area contributed by atoms with Gasteiger partial charge in [-0.25, -0.2) is 0 Å². The molecule has 0 aliphatic rings. The fraction of sp³-hybridized carbons (Fsp3) is 0.417. The molecule has 1 N–H and O–H groups in total. The van der Waals surface area contributed by atoms with Gasteiger partial charge in [0.25, 0.3) is 5.89 Å². The van der Waals surface area contributed by atoms with E-state index in [4.69, 9.17) is 4.52 Å². The van der Waals surface area contributed by atoms with E-state index in [1.54, 1.807) is 6.20 Å². The van der Waals surface area contributed by atoms with Crippen LogP contribution in [0.3, 0.4) is 0 Å². The summed E-state index contributed by atoms with van der Waals surface area (Å²) < 4.78 is 5.25. The zero-order chi connectivity index (χ0) is 12.3. The molecular formula is C12H16N4O. The van der Waals surface area contributed by atoms with Gasteiger partial charge in [0.15, 0.2) is 5.82 Å². The molecule has 5 heteroatoms. The number of nitrogens with one attached hydrogen (secondary N) is 1. The number of aromatic nitrogens is 3. The third-order valence-corrected chi connectivity index (χ3v) is 2.69. The molecule has 90 valence electrons. The average Bonchev–Trinajstić information content (AvgIpc) is 2.78. The van der Waals surface area contributed by atoms with Crippen molar-refractivity contribution in [1.29, 1.82) is 0 Å². The number of likely N-dealkylation sites (N-methyl/N-ethyl adjacent to an activating group) is 1. The molecule has 2 heterocycles. The normalized spacial score (nSPS) is 12.6. The number of hydrogen-bond donors (Lipinski definition) is 1. The fourth-order valence-electron chi connectivity index (χ4n) is 1.53. The SMILES string of the molecule is CNC(C)Cc1noc(-c2cccnc2C)n1. The summed E-state index contributed by atoms with van der Waals surface area (Å²) in [7, 11) is 1.91. The van der Waals surface area contributed by atoms with Crippen LogP contribution < -0.4 is 5.32 Å². The Morgan fingerprint density at radius 2 is 2.29 bits per heavy atom. The maximum atomic E-state index is 5.25. The molecule has 0 spiro atoms. The van der Waals surface area contributed by atoms with Gasteiger partial charge >= 0.3 is 0 Å². The predicted octanol–water partition coefficient (Wildman–Crippen LogP) is 1.59. The molecule has 0 saturated heterocycles. The lowest BCUT2D eigenvalue weighted by atomic mass is 10.2. The Morgan fingerprint density at radius 3 is 3.00 bits per heavy atom. The topological polar surface area (TPSA) is 63.8 Å². The molecule has 2 rings (SSSR count). The zero-order valence-corrected chi connectivity index (χ0v) is 10.3. The molecule has 2 aromatic heterocycles. The molecule has 17 heavy (non-hydrogen) atoms. The highest BCUT2D eigenvalue weighted by molar-refractivity contribution is 5.55. The summed E-state index contributed by atoms with van der Waals surface area (Å²) in [4.78, 5) is 8.57. The lowest BCUT2D eigenvalue weighted by Gasteiger charge is -2.04. The van der Waals surface area contributed by atoms with Crippen LogP contribution in [0.1, 0.15) is 18.4 Å². The van der Waals surface area contributed by atoms with Gasteiger partial charge in [-0.1, -0.05) is 5.16 Å². The van der Waals surface area contributed by atoms with Crippen LogP contribution in [-0.4, -0.2) is 28.2 Å². The van der Waals surface area contributed by atoms with Crippen molar-refractivity contribution in [2.45, 2.75) is 26.3 Å². The van der Waals surface area contributed by atoms with Crippen LogP contribution in [0.4, 0.5) is 0 Å². The lowest BCUT2D eigenvalue weighted by Crippen LogP contribution is -2.24. The van der Waals surface area contributed by atoms with Crippen molar-refractivity contribution < 1.29 is 4.52 Å². The highest BCUT2D eigenvalue weighted by Crippen LogP contribution is 2.19. The third kappa shape index (κ3) is 2.68. The van der Waals surface area contributed by atoms with Gasteiger partial charge < -0.3 is 9.84 Å². The molecule has 1 unspecified atom stereocenters. The van der Waals surface area contributed by atoms with Gasteiger partial charge in [0.2, 0.25) is 0 Å². The van der Waals surface area contributed by atoms with Crippen LogP contribution in [0.2, 0.25) is 0 Å². The van der Waals surface area contributed by atoms with Crippen LogP contribution in [0.15, 0.2) is 22.9 Å². The first-order valence-electron chi connectivity index (χ1n) is 5.62. The maximum Gasteiger partial charge on any atom is 0.259 e. The molecule has 0 bridgehead atoms. The van der Waals surface area contributed by atoms with E-state index in [0.717, 1.165) is 17.7 Å². The minimum Gasteiger partial charge on any atom is -0.334 e. The first-order chi connectivity index (χ1) is 8.20. The molecule has 0 saturated carbocycles. The standard InChI is InChI=1S/C12H16N4O/c1-8(13-3)7-11-15-12(17-16-11)10-5-4-6-14-9(10)2/h4-6,8,13H,7H2,1-3H3. The average molecular weight is 232 g/mol. The summed E-state index contributed by atoms with van der Waals surface area (Å²) in [5, 5.41) is 7.11. The molecule has 0 radical (unpaired) electrons. The van der Waals surface area contributed by atoms with Crippen molar-refractivity contribution in [1.82, 2.24) is 20.4 Å². The number of nitrogens with zero attached hydrogens (tertiary/aromatic N) is 3. The van der Waals surface area contributed by atoms with Gasteiger partial charge in [0, 0.05) is 24.4 Å². The van der Waals surface area contributed by atoms with Crippen molar-refractivity contribution in [3.05, 3.63) is 29.8 Å². The number of aryl methyl sites for hydroxylation is 1. The van der Waals surface area contributed by atoms with Crippen LogP contribution in [0, 0.1) is 6.92 Å². The van der Waals surface area contributed by atoms with Gasteiger partial charge in [0.05, 0.1) is 5.56 Å². The maximum absolute atomic E-state index is 5.25. The Kier molecular flexibility index (Phi) is 3.49. The summed E-state index contributed by atoms with van der Waals surface area (Å²) in [6.07, 6.45) is 2.50. The van der Waals surface area contributed by atoms with E-state index < -0.39 is 0 Å². The van der Waals surface area contributed by atoms with E-state index in [9.17, 15) is 0 Å². The van der Waals surface area contributed by atoms with E-state index >= 15 is 0 Å². The third-order valence-electron chi connectivity index (χ3n) is 2.69. The highest BCUT2D eigenvalue weighted by Gasteiger charge is 2.12. The van der Waals surface area contributed by atoms with E-state index in [1.165, 1.54) is 0 Å². The monoisotopic (exact) mass is 232 g/mol. The summed E-state index contributed by atoms with van der Waals surface area (Å²) in [6, 6.07) is 4.12. The van der Waals surface area contributed by atoms with Gasteiger partial charge in [-0.15, -0.1) is 0 Å². The molecule has 1 atom stereocenters. The van der Waals surface area contributed by atoms with Crippen molar-refractivity contribution >= 4 is 0 Å². The Labute approximate surface area is 100 Å². The van der Waals surface area contributed by atoms with Gasteiger partial charge in [-0.3, -0.25) is 4.98 Å². The highest BCUT2D eigenvalue weighted by atomic mass is 16.5. The van der Waals surface area contributed by atoms with E-state index in [2.05, 4.69) is 27.4 Å². The minimum atomic E-state index is 0.329. The van der Waals surface area contributed by atoms with E-state index in [1.807, 2.05) is 26.1 Å². The summed E-state index contributed by atoms with van der Waals surface area (Å²) in [5.74, 6) is 1.25. The van der Waals surface area contributed by atoms with Crippen LogP contribution in [-0.2, 0) is 6.42 Å². The second kappa shape index (κ2) is 5.05. The molecular weight excluding hydrogens is 216 g/mol. The zero-order valence-electron chi connectivity index (χ0n) is 10.3.